The molecule has 0 aromatic carbocycles. The van der Waals surface area contributed by atoms with Gasteiger partial charge in [0.2, 0.25) is 0 Å². The summed E-state index contributed by atoms with van der Waals surface area (Å²) < 4.78 is 16.7. The number of carbonyl (C=O) groups is 3. The second-order valence-corrected chi connectivity index (χ2v) is 16.1. The van der Waals surface area contributed by atoms with Crippen LogP contribution in [0, 0.1) is 0 Å². The molecule has 1 atom stereocenters. The van der Waals surface area contributed by atoms with Gasteiger partial charge in [0.15, 0.2) is 6.10 Å². The van der Waals surface area contributed by atoms with Gasteiger partial charge in [-0.15, -0.1) is 0 Å². The summed E-state index contributed by atoms with van der Waals surface area (Å²) in [5, 5.41) is 0. The zero-order valence-corrected chi connectivity index (χ0v) is 40.3. The second kappa shape index (κ2) is 50.5. The molecule has 354 valence electrons. The van der Waals surface area contributed by atoms with Crippen LogP contribution in [0.15, 0.2) is 122 Å². The van der Waals surface area contributed by atoms with Crippen LogP contribution in [0.2, 0.25) is 0 Å². The SMILES string of the molecule is CC/C=C\C/C=C\C/C=C\C/C=C\C/C=C\CCCC(=O)OC(COC(=O)CCCCCC/C=C\CCCC)COC(=O)CCCCCCC\C=C/C=C\C=C/C=C\CCCCC. The predicted molar refractivity (Wildman–Crippen MR) is 269 cm³/mol. The van der Waals surface area contributed by atoms with E-state index < -0.39 is 6.10 Å². The third kappa shape index (κ3) is 48.7. The third-order valence-electron chi connectivity index (χ3n) is 10.0. The zero-order chi connectivity index (χ0) is 45.8. The first-order valence-electron chi connectivity index (χ1n) is 25.1. The summed E-state index contributed by atoms with van der Waals surface area (Å²) in [7, 11) is 0. The molecular formula is C57H90O6. The maximum atomic E-state index is 12.8. The Morgan fingerprint density at radius 3 is 1.22 bits per heavy atom. The van der Waals surface area contributed by atoms with E-state index in [0.29, 0.717) is 19.3 Å². The summed E-state index contributed by atoms with van der Waals surface area (Å²) in [4.78, 5) is 37.9. The minimum atomic E-state index is -0.824. The Morgan fingerprint density at radius 1 is 0.349 bits per heavy atom. The summed E-state index contributed by atoms with van der Waals surface area (Å²) in [6, 6.07) is 0. The van der Waals surface area contributed by atoms with Crippen molar-refractivity contribution in [2.45, 2.75) is 207 Å². The van der Waals surface area contributed by atoms with Crippen molar-refractivity contribution in [3.05, 3.63) is 122 Å². The third-order valence-corrected chi connectivity index (χ3v) is 10.0. The van der Waals surface area contributed by atoms with Crippen LogP contribution in [-0.2, 0) is 28.6 Å². The van der Waals surface area contributed by atoms with Gasteiger partial charge < -0.3 is 14.2 Å². The Morgan fingerprint density at radius 2 is 0.714 bits per heavy atom. The molecule has 63 heavy (non-hydrogen) atoms. The minimum Gasteiger partial charge on any atom is -0.462 e. The average molecular weight is 871 g/mol. The number of allylic oxidation sites excluding steroid dienone is 20. The fraction of sp³-hybridized carbons (Fsp3) is 0.596. The van der Waals surface area contributed by atoms with Crippen LogP contribution in [0.1, 0.15) is 201 Å². The first-order chi connectivity index (χ1) is 31.0. The van der Waals surface area contributed by atoms with Crippen LogP contribution < -0.4 is 0 Å². The van der Waals surface area contributed by atoms with E-state index in [-0.39, 0.29) is 37.5 Å². The second-order valence-electron chi connectivity index (χ2n) is 16.1. The largest absolute Gasteiger partial charge is 0.462 e. The molecule has 6 nitrogen and oxygen atoms in total. The van der Waals surface area contributed by atoms with Gasteiger partial charge in [-0.1, -0.05) is 200 Å². The molecule has 0 aromatic heterocycles. The zero-order valence-electron chi connectivity index (χ0n) is 40.3. The molecular weight excluding hydrogens is 781 g/mol. The molecule has 6 heteroatoms. The van der Waals surface area contributed by atoms with E-state index in [1.54, 1.807) is 0 Å². The van der Waals surface area contributed by atoms with Crippen molar-refractivity contribution in [3.63, 3.8) is 0 Å². The molecule has 0 rings (SSSR count). The summed E-state index contributed by atoms with van der Waals surface area (Å²) in [6.07, 6.45) is 69.0. The molecule has 0 N–H and O–H groups in total. The quantitative estimate of drug-likeness (QED) is 0.0200. The van der Waals surface area contributed by atoms with Gasteiger partial charge in [-0.2, -0.15) is 0 Å². The van der Waals surface area contributed by atoms with Gasteiger partial charge in [0.1, 0.15) is 13.2 Å². The maximum Gasteiger partial charge on any atom is 0.306 e. The minimum absolute atomic E-state index is 0.118. The summed E-state index contributed by atoms with van der Waals surface area (Å²) in [5.41, 5.74) is 0. The van der Waals surface area contributed by atoms with Crippen LogP contribution in [0.25, 0.3) is 0 Å². The highest BCUT2D eigenvalue weighted by atomic mass is 16.6. The fourth-order valence-corrected chi connectivity index (χ4v) is 6.23. The van der Waals surface area contributed by atoms with Crippen molar-refractivity contribution in [3.8, 4) is 0 Å². The first-order valence-corrected chi connectivity index (χ1v) is 25.1. The Balaban J connectivity index is 4.54. The number of hydrogen-bond acceptors (Lipinski definition) is 6. The molecule has 0 aromatic rings. The molecule has 0 heterocycles. The van der Waals surface area contributed by atoms with Gasteiger partial charge in [-0.3, -0.25) is 14.4 Å². The molecule has 0 radical (unpaired) electrons. The van der Waals surface area contributed by atoms with Gasteiger partial charge in [0, 0.05) is 19.3 Å². The number of hydrogen-bond donors (Lipinski definition) is 0. The van der Waals surface area contributed by atoms with Crippen molar-refractivity contribution in [2.24, 2.45) is 0 Å². The lowest BCUT2D eigenvalue weighted by molar-refractivity contribution is -0.167. The Labute approximate surface area is 386 Å². The van der Waals surface area contributed by atoms with Crippen LogP contribution >= 0.6 is 0 Å². The lowest BCUT2D eigenvalue weighted by Crippen LogP contribution is -2.30. The van der Waals surface area contributed by atoms with Crippen molar-refractivity contribution < 1.29 is 28.6 Å². The fourth-order valence-electron chi connectivity index (χ4n) is 6.23. The molecule has 0 amide bonds. The molecule has 0 bridgehead atoms. The lowest BCUT2D eigenvalue weighted by Gasteiger charge is -2.18. The first kappa shape index (κ1) is 58.8. The maximum absolute atomic E-state index is 12.8. The summed E-state index contributed by atoms with van der Waals surface area (Å²) >= 11 is 0. The number of esters is 3. The van der Waals surface area contributed by atoms with Crippen molar-refractivity contribution in [1.82, 2.24) is 0 Å². The van der Waals surface area contributed by atoms with Crippen LogP contribution in [0.4, 0.5) is 0 Å². The van der Waals surface area contributed by atoms with Gasteiger partial charge in [-0.05, 0) is 103 Å². The average Bonchev–Trinajstić information content (AvgIpc) is 3.28. The summed E-state index contributed by atoms with van der Waals surface area (Å²) in [6.45, 7) is 6.34. The highest BCUT2D eigenvalue weighted by Crippen LogP contribution is 2.12. The van der Waals surface area contributed by atoms with Crippen LogP contribution in [0.3, 0.4) is 0 Å². The number of carbonyl (C=O) groups excluding carboxylic acids is 3. The van der Waals surface area contributed by atoms with Crippen molar-refractivity contribution in [2.75, 3.05) is 13.2 Å². The standard InChI is InChI=1S/C57H90O6/c1-4-7-10-13-16-19-22-24-26-28-30-31-33-35-38-41-44-47-50-56(59)62-53-54(52-61-55(58)49-46-43-40-37-21-18-15-12-9-6-3)63-57(60)51-48-45-42-39-36-34-32-29-27-25-23-20-17-14-11-8-5-2/h8,11,15-20,22,24-28,30-32,34,39,42,54H,4-7,9-10,12-14,21,23,29,33,35-38,40-41,43-53H2,1-3H3/b11-8-,18-15-,19-16-,20-17-,24-22-,27-25-,28-26-,31-30-,34-32-,42-39-. The molecule has 0 aliphatic carbocycles. The smallest absolute Gasteiger partial charge is 0.306 e. The van der Waals surface area contributed by atoms with Gasteiger partial charge >= 0.3 is 17.9 Å². The highest BCUT2D eigenvalue weighted by Gasteiger charge is 2.19. The Bertz CT molecular complexity index is 1370. The highest BCUT2D eigenvalue weighted by molar-refractivity contribution is 5.71. The van der Waals surface area contributed by atoms with E-state index in [0.717, 1.165) is 122 Å². The van der Waals surface area contributed by atoms with E-state index in [1.165, 1.54) is 32.1 Å². The van der Waals surface area contributed by atoms with Gasteiger partial charge in [0.25, 0.3) is 0 Å². The topological polar surface area (TPSA) is 78.9 Å². The predicted octanol–water partition coefficient (Wildman–Crippen LogP) is 16.5. The number of rotatable bonds is 43. The van der Waals surface area contributed by atoms with Crippen molar-refractivity contribution in [1.29, 1.82) is 0 Å². The number of ether oxygens (including phenoxy) is 3. The molecule has 0 aliphatic heterocycles. The van der Waals surface area contributed by atoms with Gasteiger partial charge in [-0.25, -0.2) is 0 Å². The Hall–Kier alpha value is -4.19. The van der Waals surface area contributed by atoms with Crippen LogP contribution in [0.5, 0.6) is 0 Å². The number of unbranched alkanes of at least 4 members (excludes halogenated alkanes) is 15. The molecule has 0 saturated carbocycles. The monoisotopic (exact) mass is 871 g/mol. The van der Waals surface area contributed by atoms with E-state index in [4.69, 9.17) is 14.2 Å². The molecule has 1 unspecified atom stereocenters. The lowest BCUT2D eigenvalue weighted by atomic mass is 10.1. The van der Waals surface area contributed by atoms with Crippen LogP contribution in [-0.4, -0.2) is 37.2 Å². The molecule has 0 saturated heterocycles. The van der Waals surface area contributed by atoms with E-state index in [1.807, 2.05) is 0 Å². The molecule has 0 spiro atoms. The van der Waals surface area contributed by atoms with Gasteiger partial charge in [0.05, 0.1) is 0 Å². The Kier molecular flexibility index (Phi) is 47.1. The normalized spacial score (nSPS) is 13.1. The summed E-state index contributed by atoms with van der Waals surface area (Å²) in [5.74, 6) is -1.02. The molecule has 0 aliphatic rings. The molecule has 0 fully saturated rings. The van der Waals surface area contributed by atoms with E-state index >= 15 is 0 Å². The van der Waals surface area contributed by atoms with Crippen molar-refractivity contribution >= 4 is 17.9 Å². The van der Waals surface area contributed by atoms with E-state index in [9.17, 15) is 14.4 Å². The van der Waals surface area contributed by atoms with E-state index in [2.05, 4.69) is 142 Å².